The number of nitrogens with zero attached hydrogens (tertiary/aromatic N) is 1. The summed E-state index contributed by atoms with van der Waals surface area (Å²) < 4.78 is 13.9. The first-order valence-corrected chi connectivity index (χ1v) is 7.45. The Hall–Kier alpha value is -1.86. The summed E-state index contributed by atoms with van der Waals surface area (Å²) in [6.07, 6.45) is 2.18. The lowest BCUT2D eigenvalue weighted by atomic mass is 10.1. The molecule has 126 valence electrons. The lowest BCUT2D eigenvalue weighted by Crippen LogP contribution is -2.39. The van der Waals surface area contributed by atoms with Crippen molar-refractivity contribution in [3.63, 3.8) is 0 Å². The van der Waals surface area contributed by atoms with Gasteiger partial charge in [0.25, 0.3) is 5.91 Å². The monoisotopic (exact) mass is 342 g/mol. The van der Waals surface area contributed by atoms with Crippen molar-refractivity contribution in [2.75, 3.05) is 24.5 Å². The standard InChI is InChI=1S/C15H19FN4O2.ClH/c16-12-4-3-10(20-6-5-18-15(20)22)7-11(12)14(21)19-8-13(17)9-1-2-9;/h3-4,7,9,13H,1-2,5-6,8,17H2,(H,18,22)(H,19,21);1H. The Bertz CT molecular complexity index is 609. The molecule has 23 heavy (non-hydrogen) atoms. The molecule has 2 fully saturated rings. The maximum Gasteiger partial charge on any atom is 0.321 e. The topological polar surface area (TPSA) is 87.5 Å². The minimum absolute atomic E-state index is 0. The first-order valence-electron chi connectivity index (χ1n) is 7.45. The summed E-state index contributed by atoms with van der Waals surface area (Å²) in [5.41, 5.74) is 6.36. The van der Waals surface area contributed by atoms with E-state index in [0.29, 0.717) is 31.2 Å². The molecule has 1 saturated heterocycles. The summed E-state index contributed by atoms with van der Waals surface area (Å²) in [5.74, 6) is -0.652. The Labute approximate surface area is 140 Å². The van der Waals surface area contributed by atoms with Gasteiger partial charge in [0.1, 0.15) is 5.82 Å². The third-order valence-corrected chi connectivity index (χ3v) is 4.09. The van der Waals surface area contributed by atoms with Crippen molar-refractivity contribution in [3.05, 3.63) is 29.6 Å². The molecule has 1 aliphatic carbocycles. The van der Waals surface area contributed by atoms with Gasteiger partial charge in [-0.05, 0) is 37.0 Å². The van der Waals surface area contributed by atoms with Crippen molar-refractivity contribution in [1.82, 2.24) is 10.6 Å². The molecule has 1 aromatic carbocycles. The minimum Gasteiger partial charge on any atom is -0.350 e. The third-order valence-electron chi connectivity index (χ3n) is 4.09. The Kier molecular flexibility index (Phi) is 5.43. The van der Waals surface area contributed by atoms with Gasteiger partial charge < -0.3 is 16.4 Å². The van der Waals surface area contributed by atoms with E-state index in [2.05, 4.69) is 10.6 Å². The molecule has 0 radical (unpaired) electrons. The summed E-state index contributed by atoms with van der Waals surface area (Å²) in [6, 6.07) is 3.77. The smallest absolute Gasteiger partial charge is 0.321 e. The van der Waals surface area contributed by atoms with E-state index in [1.807, 2.05) is 0 Å². The molecule has 1 atom stereocenters. The zero-order chi connectivity index (χ0) is 15.7. The predicted molar refractivity (Wildman–Crippen MR) is 87.4 cm³/mol. The highest BCUT2D eigenvalue weighted by atomic mass is 35.5. The number of halogens is 2. The van der Waals surface area contributed by atoms with E-state index < -0.39 is 11.7 Å². The zero-order valence-corrected chi connectivity index (χ0v) is 13.4. The first kappa shape index (κ1) is 17.5. The summed E-state index contributed by atoms with van der Waals surface area (Å²) >= 11 is 0. The molecule has 0 bridgehead atoms. The van der Waals surface area contributed by atoms with Crippen LogP contribution in [0.5, 0.6) is 0 Å². The van der Waals surface area contributed by atoms with E-state index in [1.165, 1.54) is 23.1 Å². The van der Waals surface area contributed by atoms with Gasteiger partial charge in [-0.15, -0.1) is 12.4 Å². The molecule has 1 unspecified atom stereocenters. The number of carbonyl (C=O) groups excluding carboxylic acids is 2. The lowest BCUT2D eigenvalue weighted by Gasteiger charge is -2.16. The molecule has 8 heteroatoms. The van der Waals surface area contributed by atoms with Crippen molar-refractivity contribution in [3.8, 4) is 0 Å². The van der Waals surface area contributed by atoms with E-state index in [1.54, 1.807) is 0 Å². The summed E-state index contributed by atoms with van der Waals surface area (Å²) in [5, 5.41) is 5.33. The van der Waals surface area contributed by atoms with Crippen molar-refractivity contribution >= 4 is 30.0 Å². The van der Waals surface area contributed by atoms with E-state index in [4.69, 9.17) is 5.73 Å². The van der Waals surface area contributed by atoms with Crippen LogP contribution in [0, 0.1) is 11.7 Å². The van der Waals surface area contributed by atoms with Crippen LogP contribution in [0.15, 0.2) is 18.2 Å². The van der Waals surface area contributed by atoms with E-state index in [9.17, 15) is 14.0 Å². The Morgan fingerprint density at radius 3 is 2.83 bits per heavy atom. The molecule has 0 aromatic heterocycles. The van der Waals surface area contributed by atoms with Crippen LogP contribution in [0.4, 0.5) is 14.9 Å². The van der Waals surface area contributed by atoms with Gasteiger partial charge in [-0.1, -0.05) is 0 Å². The lowest BCUT2D eigenvalue weighted by molar-refractivity contribution is 0.0946. The van der Waals surface area contributed by atoms with Crippen LogP contribution in [0.3, 0.4) is 0 Å². The number of amides is 3. The first-order chi connectivity index (χ1) is 10.6. The van der Waals surface area contributed by atoms with Crippen molar-refractivity contribution in [1.29, 1.82) is 0 Å². The molecular formula is C15H20ClFN4O2. The highest BCUT2D eigenvalue weighted by Crippen LogP contribution is 2.31. The Balaban J connectivity index is 0.00000192. The molecule has 3 amide bonds. The number of hydrogen-bond acceptors (Lipinski definition) is 3. The highest BCUT2D eigenvalue weighted by Gasteiger charge is 2.29. The summed E-state index contributed by atoms with van der Waals surface area (Å²) in [7, 11) is 0. The number of urea groups is 1. The Morgan fingerprint density at radius 2 is 2.22 bits per heavy atom. The maximum atomic E-state index is 13.9. The van der Waals surface area contributed by atoms with E-state index in [-0.39, 0.29) is 30.0 Å². The van der Waals surface area contributed by atoms with Crippen LogP contribution in [0.2, 0.25) is 0 Å². The molecule has 4 N–H and O–H groups in total. The van der Waals surface area contributed by atoms with Crippen LogP contribution >= 0.6 is 12.4 Å². The molecule has 1 aromatic rings. The Morgan fingerprint density at radius 1 is 1.48 bits per heavy atom. The quantitative estimate of drug-likeness (QED) is 0.752. The van der Waals surface area contributed by atoms with Crippen LogP contribution in [-0.4, -0.2) is 37.6 Å². The fourth-order valence-electron chi connectivity index (χ4n) is 2.57. The average Bonchev–Trinajstić information content (AvgIpc) is 3.27. The van der Waals surface area contributed by atoms with Crippen molar-refractivity contribution in [2.45, 2.75) is 18.9 Å². The number of carbonyl (C=O) groups is 2. The number of nitrogens with one attached hydrogen (secondary N) is 2. The number of benzene rings is 1. The molecule has 3 rings (SSSR count). The van der Waals surface area contributed by atoms with Gasteiger partial charge in [0.15, 0.2) is 0 Å². The number of hydrogen-bond donors (Lipinski definition) is 3. The largest absolute Gasteiger partial charge is 0.350 e. The minimum atomic E-state index is -0.610. The van der Waals surface area contributed by atoms with Gasteiger partial charge >= 0.3 is 6.03 Å². The fraction of sp³-hybridized carbons (Fsp3) is 0.467. The molecule has 1 aliphatic heterocycles. The van der Waals surface area contributed by atoms with Gasteiger partial charge in [0, 0.05) is 31.4 Å². The SMILES string of the molecule is Cl.NC(CNC(=O)c1cc(N2CCNC2=O)ccc1F)C1CC1. The van der Waals surface area contributed by atoms with E-state index in [0.717, 1.165) is 12.8 Å². The van der Waals surface area contributed by atoms with Gasteiger partial charge in [0.05, 0.1) is 5.56 Å². The van der Waals surface area contributed by atoms with Gasteiger partial charge in [-0.2, -0.15) is 0 Å². The van der Waals surface area contributed by atoms with Crippen LogP contribution < -0.4 is 21.3 Å². The highest BCUT2D eigenvalue weighted by molar-refractivity contribution is 5.98. The van der Waals surface area contributed by atoms with Crippen molar-refractivity contribution in [2.24, 2.45) is 11.7 Å². The van der Waals surface area contributed by atoms with Gasteiger partial charge in [0.2, 0.25) is 0 Å². The van der Waals surface area contributed by atoms with Crippen LogP contribution in [0.25, 0.3) is 0 Å². The number of anilines is 1. The average molecular weight is 343 g/mol. The molecule has 2 aliphatic rings. The summed E-state index contributed by atoms with van der Waals surface area (Å²) in [6.45, 7) is 1.36. The van der Waals surface area contributed by atoms with Gasteiger partial charge in [-0.3, -0.25) is 9.69 Å². The molecule has 1 heterocycles. The van der Waals surface area contributed by atoms with Crippen molar-refractivity contribution < 1.29 is 14.0 Å². The summed E-state index contributed by atoms with van der Waals surface area (Å²) in [4.78, 5) is 25.3. The number of nitrogens with two attached hydrogens (primary N) is 1. The van der Waals surface area contributed by atoms with Crippen LogP contribution in [-0.2, 0) is 0 Å². The van der Waals surface area contributed by atoms with Crippen LogP contribution in [0.1, 0.15) is 23.2 Å². The van der Waals surface area contributed by atoms with Gasteiger partial charge in [-0.25, -0.2) is 9.18 Å². The maximum absolute atomic E-state index is 13.9. The normalized spacial score (nSPS) is 18.2. The molecular weight excluding hydrogens is 323 g/mol. The number of rotatable bonds is 5. The zero-order valence-electron chi connectivity index (χ0n) is 12.5. The second-order valence-corrected chi connectivity index (χ2v) is 5.76. The molecule has 6 nitrogen and oxygen atoms in total. The third kappa shape index (κ3) is 3.92. The fourth-order valence-corrected chi connectivity index (χ4v) is 2.57. The second kappa shape index (κ2) is 7.14. The molecule has 1 saturated carbocycles. The predicted octanol–water partition coefficient (Wildman–Crippen LogP) is 1.24. The molecule has 0 spiro atoms. The van der Waals surface area contributed by atoms with E-state index >= 15 is 0 Å². The second-order valence-electron chi connectivity index (χ2n) is 5.76.